The molecular weight excluding hydrogens is 286 g/mol. The second kappa shape index (κ2) is 7.82. The number of hydrogen-bond acceptors (Lipinski definition) is 3. The fourth-order valence-corrected chi connectivity index (χ4v) is 3.86. The molecule has 2 fully saturated rings. The van der Waals surface area contributed by atoms with Gasteiger partial charge in [0.1, 0.15) is 0 Å². The number of anilines is 1. The summed E-state index contributed by atoms with van der Waals surface area (Å²) in [6.07, 6.45) is 6.37. The van der Waals surface area contributed by atoms with E-state index in [1.54, 1.807) is 0 Å². The van der Waals surface area contributed by atoms with E-state index in [-0.39, 0.29) is 5.91 Å². The van der Waals surface area contributed by atoms with E-state index in [1.165, 1.54) is 32.5 Å². The molecular formula is C19H29N3O. The molecule has 0 aliphatic carbocycles. The van der Waals surface area contributed by atoms with Crippen molar-refractivity contribution in [2.45, 2.75) is 38.5 Å². The topological polar surface area (TPSA) is 49.6 Å². The maximum atomic E-state index is 12.4. The number of benzene rings is 1. The van der Waals surface area contributed by atoms with E-state index in [0.717, 1.165) is 49.5 Å². The first-order chi connectivity index (χ1) is 11.2. The maximum absolute atomic E-state index is 12.4. The normalized spacial score (nSPS) is 20.1. The molecule has 0 radical (unpaired) electrons. The average molecular weight is 315 g/mol. The maximum Gasteiger partial charge on any atom is 0.222 e. The van der Waals surface area contributed by atoms with Gasteiger partial charge in [-0.2, -0.15) is 0 Å². The number of piperidine rings is 1. The van der Waals surface area contributed by atoms with E-state index < -0.39 is 0 Å². The summed E-state index contributed by atoms with van der Waals surface area (Å²) in [6, 6.07) is 7.85. The Hall–Kier alpha value is -1.55. The number of para-hydroxylation sites is 1. The van der Waals surface area contributed by atoms with E-state index in [4.69, 9.17) is 5.73 Å². The van der Waals surface area contributed by atoms with Crippen LogP contribution in [-0.2, 0) is 11.2 Å². The third kappa shape index (κ3) is 4.47. The lowest BCUT2D eigenvalue weighted by molar-refractivity contribution is -0.132. The number of carbonyl (C=O) groups excluding carboxylic acids is 1. The zero-order chi connectivity index (χ0) is 16.1. The van der Waals surface area contributed by atoms with E-state index in [2.05, 4.69) is 9.80 Å². The number of nitrogens with zero attached hydrogens (tertiary/aromatic N) is 2. The van der Waals surface area contributed by atoms with Gasteiger partial charge in [-0.15, -0.1) is 0 Å². The second-order valence-electron chi connectivity index (χ2n) is 7.03. The summed E-state index contributed by atoms with van der Waals surface area (Å²) in [6.45, 7) is 5.65. The van der Waals surface area contributed by atoms with Crippen LogP contribution in [0.1, 0.15) is 37.7 Å². The Kier molecular flexibility index (Phi) is 5.55. The van der Waals surface area contributed by atoms with Crippen LogP contribution in [0.3, 0.4) is 0 Å². The van der Waals surface area contributed by atoms with Crippen LogP contribution in [0.25, 0.3) is 0 Å². The first-order valence-corrected chi connectivity index (χ1v) is 9.06. The van der Waals surface area contributed by atoms with Gasteiger partial charge in [-0.3, -0.25) is 4.79 Å². The smallest absolute Gasteiger partial charge is 0.222 e. The lowest BCUT2D eigenvalue weighted by atomic mass is 9.95. The largest absolute Gasteiger partial charge is 0.399 e. The molecule has 0 unspecified atom stereocenters. The molecule has 0 atom stereocenters. The molecule has 0 aromatic heterocycles. The zero-order valence-electron chi connectivity index (χ0n) is 14.0. The summed E-state index contributed by atoms with van der Waals surface area (Å²) in [5, 5.41) is 0. The van der Waals surface area contributed by atoms with Crippen molar-refractivity contribution in [3.05, 3.63) is 29.8 Å². The molecule has 2 aliphatic rings. The van der Waals surface area contributed by atoms with Crippen LogP contribution in [-0.4, -0.2) is 48.4 Å². The monoisotopic (exact) mass is 315 g/mol. The quantitative estimate of drug-likeness (QED) is 0.850. The first kappa shape index (κ1) is 16.3. The molecule has 2 saturated heterocycles. The molecule has 126 valence electrons. The molecule has 1 aromatic carbocycles. The minimum atomic E-state index is 0.285. The predicted octanol–water partition coefficient (Wildman–Crippen LogP) is 2.54. The molecule has 0 spiro atoms. The number of nitrogen functional groups attached to an aromatic ring is 1. The molecule has 2 N–H and O–H groups in total. The summed E-state index contributed by atoms with van der Waals surface area (Å²) >= 11 is 0. The van der Waals surface area contributed by atoms with Crippen LogP contribution in [0.4, 0.5) is 5.69 Å². The number of aryl methyl sites for hydroxylation is 1. The Balaban J connectivity index is 1.40. The fourth-order valence-electron chi connectivity index (χ4n) is 3.86. The van der Waals surface area contributed by atoms with Gasteiger partial charge < -0.3 is 15.5 Å². The summed E-state index contributed by atoms with van der Waals surface area (Å²) in [5.74, 6) is 1.06. The Morgan fingerprint density at radius 3 is 2.48 bits per heavy atom. The highest BCUT2D eigenvalue weighted by atomic mass is 16.2. The lowest BCUT2D eigenvalue weighted by Gasteiger charge is -2.34. The van der Waals surface area contributed by atoms with Crippen molar-refractivity contribution in [2.24, 2.45) is 5.92 Å². The molecule has 2 aliphatic heterocycles. The van der Waals surface area contributed by atoms with Gasteiger partial charge in [0.2, 0.25) is 5.91 Å². The molecule has 1 amide bonds. The molecule has 23 heavy (non-hydrogen) atoms. The molecule has 3 rings (SSSR count). The Morgan fingerprint density at radius 1 is 1.09 bits per heavy atom. The summed E-state index contributed by atoms with van der Waals surface area (Å²) < 4.78 is 0. The van der Waals surface area contributed by atoms with Crippen LogP contribution < -0.4 is 5.73 Å². The number of rotatable bonds is 5. The number of carbonyl (C=O) groups is 1. The minimum absolute atomic E-state index is 0.285. The average Bonchev–Trinajstić information content (AvgIpc) is 3.07. The predicted molar refractivity (Wildman–Crippen MR) is 94.2 cm³/mol. The molecule has 4 heteroatoms. The van der Waals surface area contributed by atoms with Gasteiger partial charge in [0.25, 0.3) is 0 Å². The van der Waals surface area contributed by atoms with Gasteiger partial charge in [-0.1, -0.05) is 18.2 Å². The first-order valence-electron chi connectivity index (χ1n) is 9.06. The fraction of sp³-hybridized carbons (Fsp3) is 0.632. The number of hydrogen-bond donors (Lipinski definition) is 1. The van der Waals surface area contributed by atoms with Crippen LogP contribution in [0, 0.1) is 5.92 Å². The molecule has 0 saturated carbocycles. The van der Waals surface area contributed by atoms with Crippen LogP contribution >= 0.6 is 0 Å². The van der Waals surface area contributed by atoms with E-state index >= 15 is 0 Å². The van der Waals surface area contributed by atoms with Crippen LogP contribution in [0.5, 0.6) is 0 Å². The Morgan fingerprint density at radius 2 is 1.78 bits per heavy atom. The zero-order valence-corrected chi connectivity index (χ0v) is 14.0. The van der Waals surface area contributed by atoms with Gasteiger partial charge in [0, 0.05) is 31.7 Å². The van der Waals surface area contributed by atoms with Gasteiger partial charge in [0.15, 0.2) is 0 Å². The number of likely N-dealkylation sites (tertiary alicyclic amines) is 2. The third-order valence-electron chi connectivity index (χ3n) is 5.35. The summed E-state index contributed by atoms with van der Waals surface area (Å²) in [4.78, 5) is 17.1. The van der Waals surface area contributed by atoms with Gasteiger partial charge in [0.05, 0.1) is 0 Å². The number of nitrogens with two attached hydrogens (primary N) is 1. The lowest BCUT2D eigenvalue weighted by Crippen LogP contribution is -2.41. The highest BCUT2D eigenvalue weighted by Crippen LogP contribution is 2.21. The van der Waals surface area contributed by atoms with Crippen molar-refractivity contribution in [1.29, 1.82) is 0 Å². The summed E-state index contributed by atoms with van der Waals surface area (Å²) in [7, 11) is 0. The second-order valence-corrected chi connectivity index (χ2v) is 7.03. The van der Waals surface area contributed by atoms with Gasteiger partial charge in [-0.25, -0.2) is 0 Å². The highest BCUT2D eigenvalue weighted by Gasteiger charge is 2.25. The molecule has 1 aromatic rings. The van der Waals surface area contributed by atoms with Crippen molar-refractivity contribution in [2.75, 3.05) is 38.5 Å². The van der Waals surface area contributed by atoms with Crippen molar-refractivity contribution < 1.29 is 4.79 Å². The highest BCUT2D eigenvalue weighted by molar-refractivity contribution is 5.76. The van der Waals surface area contributed by atoms with Crippen LogP contribution in [0.2, 0.25) is 0 Å². The van der Waals surface area contributed by atoms with Crippen molar-refractivity contribution in [1.82, 2.24) is 9.80 Å². The molecule has 0 bridgehead atoms. The molecule has 4 nitrogen and oxygen atoms in total. The van der Waals surface area contributed by atoms with Crippen molar-refractivity contribution in [3.63, 3.8) is 0 Å². The van der Waals surface area contributed by atoms with Gasteiger partial charge in [-0.05, 0) is 62.7 Å². The van der Waals surface area contributed by atoms with Gasteiger partial charge >= 0.3 is 0 Å². The summed E-state index contributed by atoms with van der Waals surface area (Å²) in [5.41, 5.74) is 7.84. The van der Waals surface area contributed by atoms with Crippen molar-refractivity contribution in [3.8, 4) is 0 Å². The number of amides is 1. The van der Waals surface area contributed by atoms with E-state index in [9.17, 15) is 4.79 Å². The molecule has 2 heterocycles. The van der Waals surface area contributed by atoms with E-state index in [1.807, 2.05) is 24.3 Å². The minimum Gasteiger partial charge on any atom is -0.399 e. The Bertz CT molecular complexity index is 517. The van der Waals surface area contributed by atoms with E-state index in [0.29, 0.717) is 6.42 Å². The standard InChI is InChI=1S/C19H29N3O/c20-18-6-2-1-5-17(18)7-8-19(23)22-13-9-16(10-14-22)15-21-11-3-4-12-21/h1-2,5-6,16H,3-4,7-15,20H2. The van der Waals surface area contributed by atoms with Crippen molar-refractivity contribution >= 4 is 11.6 Å². The SMILES string of the molecule is Nc1ccccc1CCC(=O)N1CCC(CN2CCCC2)CC1. The Labute approximate surface area is 139 Å². The third-order valence-corrected chi connectivity index (χ3v) is 5.35. The van der Waals surface area contributed by atoms with Crippen LogP contribution in [0.15, 0.2) is 24.3 Å².